The number of aliphatic hydroxyl groups is 2. The molecule has 3 N–H and O–H groups in total. The lowest BCUT2D eigenvalue weighted by Gasteiger charge is -2.22. The van der Waals surface area contributed by atoms with Crippen LogP contribution in [0.4, 0.5) is 0 Å². The van der Waals surface area contributed by atoms with E-state index in [1.54, 1.807) is 0 Å². The van der Waals surface area contributed by atoms with Crippen molar-refractivity contribution < 1.29 is 24.5 Å². The molecule has 0 aliphatic rings. The lowest BCUT2D eigenvalue weighted by Crippen LogP contribution is -2.45. The first kappa shape index (κ1) is 68.6. The number of amides is 1. The van der Waals surface area contributed by atoms with Gasteiger partial charge in [-0.05, 0) is 51.4 Å². The highest BCUT2D eigenvalue weighted by Gasteiger charge is 2.20. The summed E-state index contributed by atoms with van der Waals surface area (Å²) in [7, 11) is 0. The predicted octanol–water partition coefficient (Wildman–Crippen LogP) is 20.0. The maximum atomic E-state index is 12.5. The van der Waals surface area contributed by atoms with E-state index in [1.807, 2.05) is 0 Å². The summed E-state index contributed by atoms with van der Waals surface area (Å²) < 4.78 is 5.49. The van der Waals surface area contributed by atoms with Gasteiger partial charge in [0.1, 0.15) is 0 Å². The number of carbonyl (C=O) groups excluding carboxylic acids is 2. The Labute approximate surface area is 438 Å². The van der Waals surface area contributed by atoms with E-state index < -0.39 is 12.1 Å². The molecule has 0 aliphatic heterocycles. The lowest BCUT2D eigenvalue weighted by molar-refractivity contribution is -0.143. The van der Waals surface area contributed by atoms with Crippen molar-refractivity contribution in [2.45, 2.75) is 373 Å². The Hall–Kier alpha value is -1.40. The van der Waals surface area contributed by atoms with Crippen LogP contribution in [0.5, 0.6) is 0 Å². The molecule has 1 amide bonds. The molecule has 0 saturated carbocycles. The molecule has 0 spiro atoms. The van der Waals surface area contributed by atoms with Gasteiger partial charge in [-0.1, -0.05) is 309 Å². The van der Waals surface area contributed by atoms with Crippen molar-refractivity contribution in [3.63, 3.8) is 0 Å². The molecule has 0 aliphatic carbocycles. The zero-order chi connectivity index (χ0) is 50.7. The van der Waals surface area contributed by atoms with Gasteiger partial charge in [0.25, 0.3) is 0 Å². The molecule has 0 fully saturated rings. The van der Waals surface area contributed by atoms with Crippen LogP contribution in [0.15, 0.2) is 12.2 Å². The Morgan fingerprint density at radius 1 is 0.386 bits per heavy atom. The summed E-state index contributed by atoms with van der Waals surface area (Å²) in [4.78, 5) is 24.6. The van der Waals surface area contributed by atoms with E-state index in [4.69, 9.17) is 4.74 Å². The van der Waals surface area contributed by atoms with E-state index in [2.05, 4.69) is 31.3 Å². The number of nitrogens with one attached hydrogen (secondary N) is 1. The van der Waals surface area contributed by atoms with Crippen molar-refractivity contribution in [1.29, 1.82) is 0 Å². The normalized spacial score (nSPS) is 12.6. The Morgan fingerprint density at radius 3 is 1.01 bits per heavy atom. The van der Waals surface area contributed by atoms with Crippen LogP contribution < -0.4 is 5.32 Å². The number of allylic oxidation sites excluding steroid dienone is 2. The maximum Gasteiger partial charge on any atom is 0.305 e. The highest BCUT2D eigenvalue weighted by Crippen LogP contribution is 2.18. The van der Waals surface area contributed by atoms with Crippen LogP contribution in [-0.4, -0.2) is 47.4 Å². The minimum atomic E-state index is -0.672. The molecule has 6 nitrogen and oxygen atoms in total. The summed E-state index contributed by atoms with van der Waals surface area (Å²) in [5.74, 6) is -0.0451. The second kappa shape index (κ2) is 60.2. The van der Waals surface area contributed by atoms with Gasteiger partial charge in [-0.3, -0.25) is 9.59 Å². The van der Waals surface area contributed by atoms with E-state index in [0.29, 0.717) is 25.9 Å². The largest absolute Gasteiger partial charge is 0.466 e. The first-order valence-corrected chi connectivity index (χ1v) is 31.9. The number of aliphatic hydroxyl groups excluding tert-OH is 2. The van der Waals surface area contributed by atoms with E-state index >= 15 is 0 Å². The van der Waals surface area contributed by atoms with Crippen LogP contribution in [0.1, 0.15) is 361 Å². The minimum Gasteiger partial charge on any atom is -0.466 e. The van der Waals surface area contributed by atoms with E-state index in [9.17, 15) is 19.8 Å². The van der Waals surface area contributed by atoms with Crippen LogP contribution in [0.3, 0.4) is 0 Å². The molecule has 0 heterocycles. The van der Waals surface area contributed by atoms with Crippen LogP contribution in [0, 0.1) is 0 Å². The van der Waals surface area contributed by atoms with Crippen LogP contribution >= 0.6 is 0 Å². The summed E-state index contributed by atoms with van der Waals surface area (Å²) in [6, 6.07) is -0.550. The summed E-state index contributed by atoms with van der Waals surface area (Å²) in [6.45, 7) is 4.96. The molecule has 0 aromatic rings. The van der Waals surface area contributed by atoms with Gasteiger partial charge in [0, 0.05) is 12.8 Å². The number of carbonyl (C=O) groups is 2. The van der Waals surface area contributed by atoms with Crippen molar-refractivity contribution in [2.75, 3.05) is 13.2 Å². The van der Waals surface area contributed by atoms with Gasteiger partial charge < -0.3 is 20.3 Å². The monoisotopic (exact) mass is 988 g/mol. The first-order valence-electron chi connectivity index (χ1n) is 31.9. The lowest BCUT2D eigenvalue weighted by atomic mass is 10.0. The third-order valence-corrected chi connectivity index (χ3v) is 15.1. The second-order valence-electron chi connectivity index (χ2n) is 22.1. The highest BCUT2D eigenvalue weighted by molar-refractivity contribution is 5.76. The Balaban J connectivity index is 3.42. The highest BCUT2D eigenvalue weighted by atomic mass is 16.5. The smallest absolute Gasteiger partial charge is 0.305 e. The van der Waals surface area contributed by atoms with Crippen molar-refractivity contribution in [1.82, 2.24) is 5.32 Å². The van der Waals surface area contributed by atoms with Gasteiger partial charge in [0.2, 0.25) is 5.91 Å². The molecule has 416 valence electrons. The maximum absolute atomic E-state index is 12.5. The molecule has 70 heavy (non-hydrogen) atoms. The summed E-state index contributed by atoms with van der Waals surface area (Å²) >= 11 is 0. The van der Waals surface area contributed by atoms with Crippen molar-refractivity contribution in [3.05, 3.63) is 12.2 Å². The molecular weight excluding hydrogens is 863 g/mol. The average Bonchev–Trinajstić information content (AvgIpc) is 3.36. The average molecular weight is 989 g/mol. The number of hydrogen-bond donors (Lipinski definition) is 3. The molecule has 6 heteroatoms. The van der Waals surface area contributed by atoms with Crippen LogP contribution in [-0.2, 0) is 14.3 Å². The fourth-order valence-corrected chi connectivity index (χ4v) is 10.2. The van der Waals surface area contributed by atoms with Gasteiger partial charge >= 0.3 is 5.97 Å². The minimum absolute atomic E-state index is 0.00370. The topological polar surface area (TPSA) is 95.9 Å². The molecule has 0 aromatic heterocycles. The molecule has 2 unspecified atom stereocenters. The van der Waals surface area contributed by atoms with Crippen LogP contribution in [0.25, 0.3) is 0 Å². The SMILES string of the molecule is CCCCCCCCC/C=C\CCCCCCCCCC(=O)OCCCCCCCCCCCCCCCCC(=O)NC(CO)C(O)CCCCCCCCCCCCCCCCCCCCCCC. The molecule has 0 radical (unpaired) electrons. The number of hydrogen-bond acceptors (Lipinski definition) is 5. The van der Waals surface area contributed by atoms with Crippen molar-refractivity contribution >= 4 is 11.9 Å². The molecule has 0 bridgehead atoms. The van der Waals surface area contributed by atoms with Gasteiger partial charge in [0.15, 0.2) is 0 Å². The fraction of sp³-hybridized carbons (Fsp3) is 0.938. The standard InChI is InChI=1S/C64H125NO5/c1-3-5-7-9-11-13-15-17-19-21-23-24-25-26-28-32-36-40-44-48-52-56-62(67)61(60-66)65-63(68)57-53-49-45-41-37-33-30-31-35-39-43-47-51-55-59-70-64(69)58-54-50-46-42-38-34-29-27-22-20-18-16-14-12-10-8-6-4-2/h20,22,61-62,66-67H,3-19,21,23-60H2,1-2H3,(H,65,68)/b22-20-. The van der Waals surface area contributed by atoms with E-state index in [1.165, 1.54) is 276 Å². The number of rotatable bonds is 60. The number of unbranched alkanes of at least 4 members (excludes halogenated alkanes) is 47. The summed E-state index contributed by atoms with van der Waals surface area (Å²) in [5.41, 5.74) is 0. The fourth-order valence-electron chi connectivity index (χ4n) is 10.2. The van der Waals surface area contributed by atoms with Gasteiger partial charge in [-0.25, -0.2) is 0 Å². The number of esters is 1. The Bertz CT molecular complexity index is 1050. The van der Waals surface area contributed by atoms with E-state index in [-0.39, 0.29) is 18.5 Å². The summed E-state index contributed by atoms with van der Waals surface area (Å²) in [6.07, 6.45) is 72.2. The predicted molar refractivity (Wildman–Crippen MR) is 306 cm³/mol. The third-order valence-electron chi connectivity index (χ3n) is 15.1. The van der Waals surface area contributed by atoms with Crippen molar-refractivity contribution in [3.8, 4) is 0 Å². The summed E-state index contributed by atoms with van der Waals surface area (Å²) in [5, 5.41) is 23.4. The zero-order valence-corrected chi connectivity index (χ0v) is 47.5. The van der Waals surface area contributed by atoms with Crippen molar-refractivity contribution in [2.24, 2.45) is 0 Å². The first-order chi connectivity index (χ1) is 34.5. The van der Waals surface area contributed by atoms with E-state index in [0.717, 1.165) is 51.4 Å². The Kier molecular flexibility index (Phi) is 59.0. The molecule has 0 aromatic carbocycles. The molecule has 2 atom stereocenters. The quantitative estimate of drug-likeness (QED) is 0.0321. The Morgan fingerprint density at radius 2 is 0.671 bits per heavy atom. The molecule has 0 saturated heterocycles. The molecule has 0 rings (SSSR count). The van der Waals surface area contributed by atoms with Gasteiger partial charge in [-0.2, -0.15) is 0 Å². The second-order valence-corrected chi connectivity index (χ2v) is 22.1. The zero-order valence-electron chi connectivity index (χ0n) is 47.5. The third kappa shape index (κ3) is 55.9. The van der Waals surface area contributed by atoms with Gasteiger partial charge in [0.05, 0.1) is 25.4 Å². The van der Waals surface area contributed by atoms with Gasteiger partial charge in [-0.15, -0.1) is 0 Å². The number of ether oxygens (including phenoxy) is 1. The van der Waals surface area contributed by atoms with Crippen LogP contribution in [0.2, 0.25) is 0 Å². The molecular formula is C64H125NO5.